The number of halogens is 4. The van der Waals surface area contributed by atoms with E-state index in [9.17, 15) is 17.6 Å². The second-order valence-electron chi connectivity index (χ2n) is 4.69. The molecule has 0 saturated heterocycles. The Morgan fingerprint density at radius 2 is 1.90 bits per heavy atom. The van der Waals surface area contributed by atoms with E-state index in [0.29, 0.717) is 5.56 Å². The molecule has 21 heavy (non-hydrogen) atoms. The molecule has 0 aliphatic rings. The Morgan fingerprint density at radius 1 is 1.19 bits per heavy atom. The van der Waals surface area contributed by atoms with E-state index in [2.05, 4.69) is 10.3 Å². The van der Waals surface area contributed by atoms with E-state index in [1.54, 1.807) is 25.5 Å². The first-order valence-electron chi connectivity index (χ1n) is 6.29. The summed E-state index contributed by atoms with van der Waals surface area (Å²) in [7, 11) is 1.66. The Balaban J connectivity index is 2.45. The van der Waals surface area contributed by atoms with Crippen molar-refractivity contribution in [1.29, 1.82) is 0 Å². The van der Waals surface area contributed by atoms with E-state index in [1.165, 1.54) is 6.07 Å². The van der Waals surface area contributed by atoms with Crippen LogP contribution in [0.3, 0.4) is 0 Å². The first-order chi connectivity index (χ1) is 9.84. The van der Waals surface area contributed by atoms with Crippen LogP contribution in [0.4, 0.5) is 17.6 Å². The first kappa shape index (κ1) is 15.4. The molecular formula is C15H14F4N2. The third-order valence-electron chi connectivity index (χ3n) is 3.31. The van der Waals surface area contributed by atoms with Crippen molar-refractivity contribution < 1.29 is 17.6 Å². The van der Waals surface area contributed by atoms with Gasteiger partial charge in [-0.2, -0.15) is 13.2 Å². The highest BCUT2D eigenvalue weighted by molar-refractivity contribution is 5.37. The van der Waals surface area contributed by atoms with Gasteiger partial charge in [0.05, 0.1) is 11.6 Å². The topological polar surface area (TPSA) is 24.9 Å². The molecule has 1 unspecified atom stereocenters. The zero-order valence-corrected chi connectivity index (χ0v) is 11.5. The fraction of sp³-hybridized carbons (Fsp3) is 0.267. The van der Waals surface area contributed by atoms with E-state index in [1.807, 2.05) is 6.92 Å². The van der Waals surface area contributed by atoms with Crippen molar-refractivity contribution >= 4 is 0 Å². The van der Waals surface area contributed by atoms with Crippen LogP contribution in [0.2, 0.25) is 0 Å². The average molecular weight is 298 g/mol. The lowest BCUT2D eigenvalue weighted by atomic mass is 9.96. The van der Waals surface area contributed by atoms with Gasteiger partial charge in [-0.3, -0.25) is 4.98 Å². The summed E-state index contributed by atoms with van der Waals surface area (Å²) < 4.78 is 51.5. The number of nitrogens with one attached hydrogen (secondary N) is 1. The van der Waals surface area contributed by atoms with Gasteiger partial charge in [-0.25, -0.2) is 4.39 Å². The largest absolute Gasteiger partial charge is 0.419 e. The van der Waals surface area contributed by atoms with Gasteiger partial charge in [0, 0.05) is 12.4 Å². The summed E-state index contributed by atoms with van der Waals surface area (Å²) in [6.45, 7) is 1.86. The third kappa shape index (κ3) is 3.21. The van der Waals surface area contributed by atoms with E-state index < -0.39 is 23.6 Å². The Bertz CT molecular complexity index is 638. The van der Waals surface area contributed by atoms with Crippen molar-refractivity contribution in [3.8, 4) is 0 Å². The lowest BCUT2D eigenvalue weighted by Crippen LogP contribution is -2.20. The predicted octanol–water partition coefficient (Wildman–Crippen LogP) is 3.86. The van der Waals surface area contributed by atoms with Gasteiger partial charge in [-0.15, -0.1) is 0 Å². The minimum Gasteiger partial charge on any atom is -0.309 e. The van der Waals surface area contributed by atoms with Gasteiger partial charge in [0.1, 0.15) is 5.82 Å². The number of benzene rings is 1. The van der Waals surface area contributed by atoms with Gasteiger partial charge in [0.25, 0.3) is 0 Å². The molecule has 0 fully saturated rings. The second kappa shape index (κ2) is 5.81. The highest BCUT2D eigenvalue weighted by Crippen LogP contribution is 2.33. The van der Waals surface area contributed by atoms with E-state index in [0.717, 1.165) is 23.3 Å². The molecule has 0 aliphatic carbocycles. The van der Waals surface area contributed by atoms with Crippen molar-refractivity contribution in [2.45, 2.75) is 19.1 Å². The molecular weight excluding hydrogens is 284 g/mol. The van der Waals surface area contributed by atoms with E-state index >= 15 is 0 Å². The number of aryl methyl sites for hydroxylation is 1. The number of nitrogens with zero attached hydrogens (tertiary/aromatic N) is 1. The van der Waals surface area contributed by atoms with Gasteiger partial charge in [-0.1, -0.05) is 6.07 Å². The van der Waals surface area contributed by atoms with E-state index in [4.69, 9.17) is 0 Å². The zero-order chi connectivity index (χ0) is 15.6. The molecule has 0 saturated carbocycles. The van der Waals surface area contributed by atoms with E-state index in [-0.39, 0.29) is 0 Å². The maximum atomic E-state index is 13.7. The number of hydrogen-bond donors (Lipinski definition) is 1. The third-order valence-corrected chi connectivity index (χ3v) is 3.31. The number of alkyl halides is 3. The molecule has 0 amide bonds. The molecule has 2 rings (SSSR count). The molecule has 6 heteroatoms. The number of hydrogen-bond acceptors (Lipinski definition) is 2. The van der Waals surface area contributed by atoms with Crippen molar-refractivity contribution in [2.24, 2.45) is 0 Å². The molecule has 2 aromatic rings. The average Bonchev–Trinajstić information content (AvgIpc) is 2.40. The smallest absolute Gasteiger partial charge is 0.309 e. The van der Waals surface area contributed by atoms with Gasteiger partial charge >= 0.3 is 6.18 Å². The monoisotopic (exact) mass is 298 g/mol. The molecule has 1 N–H and O–H groups in total. The second-order valence-corrected chi connectivity index (χ2v) is 4.69. The summed E-state index contributed by atoms with van der Waals surface area (Å²) in [5.41, 5.74) is 0.868. The number of pyridine rings is 1. The number of rotatable bonds is 3. The van der Waals surface area contributed by atoms with Crippen LogP contribution >= 0.6 is 0 Å². The lowest BCUT2D eigenvalue weighted by molar-refractivity contribution is -0.140. The highest BCUT2D eigenvalue weighted by atomic mass is 19.4. The normalized spacial score (nSPS) is 13.2. The van der Waals surface area contributed by atoms with Gasteiger partial charge in [-0.05, 0) is 48.9 Å². The molecule has 0 aliphatic heterocycles. The van der Waals surface area contributed by atoms with Crippen LogP contribution in [0.25, 0.3) is 0 Å². The Labute approximate surface area is 119 Å². The van der Waals surface area contributed by atoms with Crippen molar-refractivity contribution in [1.82, 2.24) is 10.3 Å². The van der Waals surface area contributed by atoms with Crippen LogP contribution in [0.1, 0.15) is 28.3 Å². The fourth-order valence-electron chi connectivity index (χ4n) is 2.22. The van der Waals surface area contributed by atoms with Crippen LogP contribution in [0, 0.1) is 12.7 Å². The van der Waals surface area contributed by atoms with Crippen LogP contribution in [0.5, 0.6) is 0 Å². The maximum Gasteiger partial charge on any atom is 0.419 e. The van der Waals surface area contributed by atoms with Gasteiger partial charge < -0.3 is 5.32 Å². The summed E-state index contributed by atoms with van der Waals surface area (Å²) in [4.78, 5) is 4.01. The van der Waals surface area contributed by atoms with Crippen LogP contribution in [-0.4, -0.2) is 12.0 Å². The van der Waals surface area contributed by atoms with Crippen LogP contribution in [-0.2, 0) is 6.18 Å². The molecule has 1 atom stereocenters. The van der Waals surface area contributed by atoms with Crippen molar-refractivity contribution in [3.05, 3.63) is 64.7 Å². The molecule has 112 valence electrons. The maximum absolute atomic E-state index is 13.7. The summed E-state index contributed by atoms with van der Waals surface area (Å²) in [6.07, 6.45) is -1.45. The molecule has 1 aromatic carbocycles. The summed E-state index contributed by atoms with van der Waals surface area (Å²) in [5.74, 6) is -1.28. The minimum atomic E-state index is -4.69. The number of aromatic nitrogens is 1. The summed E-state index contributed by atoms with van der Waals surface area (Å²) >= 11 is 0. The SMILES string of the molecule is CNC(c1ccc(C(F)(F)F)c(F)c1)c1cnccc1C. The highest BCUT2D eigenvalue weighted by Gasteiger charge is 2.34. The Hall–Kier alpha value is -1.95. The summed E-state index contributed by atoms with van der Waals surface area (Å²) in [6, 6.07) is 4.33. The zero-order valence-electron chi connectivity index (χ0n) is 11.5. The molecule has 0 spiro atoms. The van der Waals surface area contributed by atoms with Crippen LogP contribution in [0.15, 0.2) is 36.7 Å². The summed E-state index contributed by atoms with van der Waals surface area (Å²) in [5, 5.41) is 2.97. The molecule has 0 radical (unpaired) electrons. The van der Waals surface area contributed by atoms with Crippen LogP contribution < -0.4 is 5.32 Å². The molecule has 1 aromatic heterocycles. The molecule has 1 heterocycles. The molecule has 0 bridgehead atoms. The van der Waals surface area contributed by atoms with Gasteiger partial charge in [0.2, 0.25) is 0 Å². The lowest BCUT2D eigenvalue weighted by Gasteiger charge is -2.20. The van der Waals surface area contributed by atoms with Gasteiger partial charge in [0.15, 0.2) is 0 Å². The predicted molar refractivity (Wildman–Crippen MR) is 71.3 cm³/mol. The standard InChI is InChI=1S/C15H14F4N2/c1-9-5-6-21-8-11(9)14(20-2)10-3-4-12(13(16)7-10)15(17,18)19/h3-8,14,20H,1-2H3. The Morgan fingerprint density at radius 3 is 2.43 bits per heavy atom. The van der Waals surface area contributed by atoms with Crippen molar-refractivity contribution in [3.63, 3.8) is 0 Å². The quantitative estimate of drug-likeness (QED) is 0.870. The Kier molecular flexibility index (Phi) is 4.27. The minimum absolute atomic E-state index is 0.416. The molecule has 2 nitrogen and oxygen atoms in total. The first-order valence-corrected chi connectivity index (χ1v) is 6.29. The fourth-order valence-corrected chi connectivity index (χ4v) is 2.22. The van der Waals surface area contributed by atoms with Crippen molar-refractivity contribution in [2.75, 3.05) is 7.05 Å².